The van der Waals surface area contributed by atoms with Crippen LogP contribution in [0.2, 0.25) is 0 Å². The molecule has 2 aromatic heterocycles. The van der Waals surface area contributed by atoms with Gasteiger partial charge >= 0.3 is 12.0 Å². The van der Waals surface area contributed by atoms with Crippen molar-refractivity contribution in [3.8, 4) is 0 Å². The molecular weight excluding hydrogens is 382 g/mol. The van der Waals surface area contributed by atoms with E-state index >= 15 is 0 Å². The molecule has 0 saturated carbocycles. The van der Waals surface area contributed by atoms with Gasteiger partial charge in [-0.25, -0.2) is 19.6 Å². The van der Waals surface area contributed by atoms with Crippen molar-refractivity contribution in [1.82, 2.24) is 19.4 Å². The molecular formula is C22H25N5O3. The van der Waals surface area contributed by atoms with Crippen LogP contribution in [-0.4, -0.2) is 51.1 Å². The minimum Gasteiger partial charge on any atom is -0.462 e. The number of benzene rings is 1. The SMILES string of the molecule is CCOC(=O)c1cccc(NC(=O)N2CC[C@H](n3c(CC)nc4cccnc43)C2)c1. The summed E-state index contributed by atoms with van der Waals surface area (Å²) in [5, 5.41) is 2.89. The van der Waals surface area contributed by atoms with Gasteiger partial charge in [-0.05, 0) is 43.7 Å². The Morgan fingerprint density at radius 3 is 2.90 bits per heavy atom. The van der Waals surface area contributed by atoms with Crippen LogP contribution in [0.5, 0.6) is 0 Å². The summed E-state index contributed by atoms with van der Waals surface area (Å²) < 4.78 is 7.19. The Morgan fingerprint density at radius 1 is 1.23 bits per heavy atom. The van der Waals surface area contributed by atoms with E-state index in [9.17, 15) is 9.59 Å². The predicted molar refractivity (Wildman–Crippen MR) is 114 cm³/mol. The Kier molecular flexibility index (Phi) is 5.65. The monoisotopic (exact) mass is 407 g/mol. The summed E-state index contributed by atoms with van der Waals surface area (Å²) in [5.74, 6) is 0.583. The van der Waals surface area contributed by atoms with E-state index in [1.54, 1.807) is 42.3 Å². The molecule has 0 radical (unpaired) electrons. The van der Waals surface area contributed by atoms with Gasteiger partial charge in [0.1, 0.15) is 11.3 Å². The lowest BCUT2D eigenvalue weighted by molar-refractivity contribution is 0.0526. The van der Waals surface area contributed by atoms with Crippen molar-refractivity contribution in [3.63, 3.8) is 0 Å². The molecule has 0 aliphatic carbocycles. The van der Waals surface area contributed by atoms with Gasteiger partial charge in [0, 0.05) is 31.4 Å². The van der Waals surface area contributed by atoms with Crippen LogP contribution in [0, 0.1) is 0 Å². The third kappa shape index (κ3) is 3.85. The number of esters is 1. The van der Waals surface area contributed by atoms with Crippen molar-refractivity contribution in [1.29, 1.82) is 0 Å². The summed E-state index contributed by atoms with van der Waals surface area (Å²) >= 11 is 0. The standard InChI is InChI=1S/C22H25N5O3/c1-3-19-25-18-9-6-11-23-20(18)27(19)17-10-12-26(14-17)22(29)24-16-8-5-7-15(13-16)21(28)30-4-2/h5-9,11,13,17H,3-4,10,12,14H2,1-2H3,(H,24,29)/t17-/m0/s1. The van der Waals surface area contributed by atoms with Crippen molar-refractivity contribution in [3.05, 3.63) is 54.0 Å². The second kappa shape index (κ2) is 8.52. The quantitative estimate of drug-likeness (QED) is 0.652. The summed E-state index contributed by atoms with van der Waals surface area (Å²) in [6.07, 6.45) is 3.42. The van der Waals surface area contributed by atoms with Gasteiger partial charge in [-0.3, -0.25) is 0 Å². The molecule has 3 aromatic rings. The first-order chi connectivity index (χ1) is 14.6. The number of aromatic nitrogens is 3. The molecule has 1 aliphatic heterocycles. The van der Waals surface area contributed by atoms with E-state index in [0.29, 0.717) is 30.9 Å². The molecule has 0 bridgehead atoms. The number of ether oxygens (including phenoxy) is 1. The van der Waals surface area contributed by atoms with Gasteiger partial charge in [0.25, 0.3) is 0 Å². The maximum absolute atomic E-state index is 12.8. The van der Waals surface area contributed by atoms with E-state index in [2.05, 4.69) is 21.8 Å². The number of hydrogen-bond donors (Lipinski definition) is 1. The van der Waals surface area contributed by atoms with E-state index in [-0.39, 0.29) is 12.1 Å². The number of anilines is 1. The fraction of sp³-hybridized carbons (Fsp3) is 0.364. The zero-order valence-electron chi connectivity index (χ0n) is 17.2. The first-order valence-corrected chi connectivity index (χ1v) is 10.3. The number of aryl methyl sites for hydroxylation is 1. The Labute approximate surface area is 174 Å². The number of imidazole rings is 1. The molecule has 4 rings (SSSR count). The van der Waals surface area contributed by atoms with Crippen molar-refractivity contribution >= 4 is 28.9 Å². The third-order valence-corrected chi connectivity index (χ3v) is 5.28. The molecule has 8 heteroatoms. The molecule has 8 nitrogen and oxygen atoms in total. The highest BCUT2D eigenvalue weighted by Crippen LogP contribution is 2.28. The highest BCUT2D eigenvalue weighted by molar-refractivity contribution is 5.94. The molecule has 156 valence electrons. The largest absolute Gasteiger partial charge is 0.462 e. The lowest BCUT2D eigenvalue weighted by Gasteiger charge is -2.19. The fourth-order valence-electron chi connectivity index (χ4n) is 3.89. The molecule has 3 heterocycles. The number of nitrogens with one attached hydrogen (secondary N) is 1. The molecule has 1 aliphatic rings. The lowest BCUT2D eigenvalue weighted by atomic mass is 10.2. The van der Waals surface area contributed by atoms with Crippen molar-refractivity contribution < 1.29 is 14.3 Å². The second-order valence-electron chi connectivity index (χ2n) is 7.22. The molecule has 2 amide bonds. The summed E-state index contributed by atoms with van der Waals surface area (Å²) in [4.78, 5) is 35.7. The smallest absolute Gasteiger partial charge is 0.338 e. The number of urea groups is 1. The average molecular weight is 407 g/mol. The van der Waals surface area contributed by atoms with Gasteiger partial charge < -0.3 is 19.5 Å². The molecule has 1 fully saturated rings. The zero-order valence-corrected chi connectivity index (χ0v) is 17.2. The topological polar surface area (TPSA) is 89.4 Å². The van der Waals surface area contributed by atoms with E-state index in [0.717, 1.165) is 29.8 Å². The first-order valence-electron chi connectivity index (χ1n) is 10.3. The van der Waals surface area contributed by atoms with Gasteiger partial charge in [0.2, 0.25) is 0 Å². The molecule has 1 N–H and O–H groups in total. The Hall–Kier alpha value is -3.42. The zero-order chi connectivity index (χ0) is 21.1. The van der Waals surface area contributed by atoms with Crippen LogP contribution in [-0.2, 0) is 11.2 Å². The van der Waals surface area contributed by atoms with Gasteiger partial charge in [-0.2, -0.15) is 0 Å². The van der Waals surface area contributed by atoms with Crippen molar-refractivity contribution in [2.24, 2.45) is 0 Å². The van der Waals surface area contributed by atoms with E-state index < -0.39 is 5.97 Å². The molecule has 1 aromatic carbocycles. The van der Waals surface area contributed by atoms with E-state index in [1.165, 1.54) is 0 Å². The number of pyridine rings is 1. The first kappa shape index (κ1) is 19.9. The Bertz CT molecular complexity index is 1080. The molecule has 1 atom stereocenters. The summed E-state index contributed by atoms with van der Waals surface area (Å²) in [7, 11) is 0. The number of likely N-dealkylation sites (tertiary alicyclic amines) is 1. The summed E-state index contributed by atoms with van der Waals surface area (Å²) in [5.41, 5.74) is 2.73. The number of rotatable bonds is 5. The van der Waals surface area contributed by atoms with Crippen LogP contribution in [0.15, 0.2) is 42.6 Å². The fourth-order valence-corrected chi connectivity index (χ4v) is 3.89. The van der Waals surface area contributed by atoms with Gasteiger partial charge in [0.05, 0.1) is 18.2 Å². The summed E-state index contributed by atoms with van der Waals surface area (Å²) in [6.45, 7) is 5.37. The Morgan fingerprint density at radius 2 is 2.10 bits per heavy atom. The number of hydrogen-bond acceptors (Lipinski definition) is 5. The summed E-state index contributed by atoms with van der Waals surface area (Å²) in [6, 6.07) is 10.6. The highest BCUT2D eigenvalue weighted by atomic mass is 16.5. The lowest BCUT2D eigenvalue weighted by Crippen LogP contribution is -2.33. The molecule has 1 saturated heterocycles. The van der Waals surface area contributed by atoms with Crippen LogP contribution in [0.1, 0.15) is 42.5 Å². The van der Waals surface area contributed by atoms with Crippen LogP contribution < -0.4 is 5.32 Å². The van der Waals surface area contributed by atoms with Crippen LogP contribution in [0.4, 0.5) is 10.5 Å². The number of carbonyl (C=O) groups excluding carboxylic acids is 2. The van der Waals surface area contributed by atoms with Gasteiger partial charge in [0.15, 0.2) is 5.65 Å². The van der Waals surface area contributed by atoms with Gasteiger partial charge in [-0.1, -0.05) is 13.0 Å². The molecule has 0 spiro atoms. The van der Waals surface area contributed by atoms with Crippen molar-refractivity contribution in [2.75, 3.05) is 25.0 Å². The van der Waals surface area contributed by atoms with E-state index in [4.69, 9.17) is 9.72 Å². The number of carbonyl (C=O) groups is 2. The highest BCUT2D eigenvalue weighted by Gasteiger charge is 2.30. The average Bonchev–Trinajstić information content (AvgIpc) is 3.38. The Balaban J connectivity index is 1.47. The minimum absolute atomic E-state index is 0.136. The normalized spacial score (nSPS) is 16.1. The molecule has 0 unspecified atom stereocenters. The number of nitrogens with zero attached hydrogens (tertiary/aromatic N) is 4. The number of fused-ring (bicyclic) bond motifs is 1. The number of amides is 2. The predicted octanol–water partition coefficient (Wildman–Crippen LogP) is 3.65. The third-order valence-electron chi connectivity index (χ3n) is 5.28. The van der Waals surface area contributed by atoms with Crippen LogP contribution in [0.25, 0.3) is 11.2 Å². The molecule has 30 heavy (non-hydrogen) atoms. The maximum Gasteiger partial charge on any atom is 0.338 e. The van der Waals surface area contributed by atoms with Crippen LogP contribution in [0.3, 0.4) is 0 Å². The minimum atomic E-state index is -0.401. The van der Waals surface area contributed by atoms with Gasteiger partial charge in [-0.15, -0.1) is 0 Å². The van der Waals surface area contributed by atoms with Crippen LogP contribution >= 0.6 is 0 Å². The van der Waals surface area contributed by atoms with Crippen molar-refractivity contribution in [2.45, 2.75) is 32.7 Å². The van der Waals surface area contributed by atoms with E-state index in [1.807, 2.05) is 12.1 Å². The second-order valence-corrected chi connectivity index (χ2v) is 7.22. The maximum atomic E-state index is 12.8.